The van der Waals surface area contributed by atoms with E-state index in [-0.39, 0.29) is 24.7 Å². The fourth-order valence-corrected chi connectivity index (χ4v) is 4.94. The minimum Gasteiger partial charge on any atom is -0.487 e. The van der Waals surface area contributed by atoms with Crippen LogP contribution >= 0.6 is 11.6 Å². The van der Waals surface area contributed by atoms with Gasteiger partial charge in [0.25, 0.3) is 0 Å². The maximum absolute atomic E-state index is 13.2. The molecule has 6 nitrogen and oxygen atoms in total. The number of rotatable bonds is 9. The van der Waals surface area contributed by atoms with Crippen molar-refractivity contribution >= 4 is 28.5 Å². The maximum atomic E-state index is 13.2. The average molecular weight is 541 g/mol. The molecule has 5 aromatic rings. The van der Waals surface area contributed by atoms with Crippen molar-refractivity contribution in [3.8, 4) is 22.9 Å². The van der Waals surface area contributed by atoms with E-state index < -0.39 is 5.97 Å². The summed E-state index contributed by atoms with van der Waals surface area (Å²) in [5.41, 5.74) is 5.39. The molecule has 7 heteroatoms. The second kappa shape index (κ2) is 11.6. The van der Waals surface area contributed by atoms with Gasteiger partial charge in [-0.2, -0.15) is 0 Å². The van der Waals surface area contributed by atoms with Gasteiger partial charge in [-0.15, -0.1) is 0 Å². The molecule has 3 aromatic carbocycles. The van der Waals surface area contributed by atoms with E-state index in [9.17, 15) is 4.79 Å². The summed E-state index contributed by atoms with van der Waals surface area (Å²) in [5, 5.41) is 1.57. The van der Waals surface area contributed by atoms with Crippen molar-refractivity contribution in [2.45, 2.75) is 26.6 Å². The van der Waals surface area contributed by atoms with Crippen molar-refractivity contribution in [1.29, 1.82) is 0 Å². The molecule has 2 aromatic heterocycles. The highest BCUT2D eigenvalue weighted by atomic mass is 35.5. The highest BCUT2D eigenvalue weighted by Crippen LogP contribution is 2.40. The molecule has 0 bridgehead atoms. The van der Waals surface area contributed by atoms with Crippen molar-refractivity contribution < 1.29 is 19.0 Å². The van der Waals surface area contributed by atoms with E-state index >= 15 is 0 Å². The van der Waals surface area contributed by atoms with Gasteiger partial charge in [0.05, 0.1) is 17.8 Å². The molecule has 0 unspecified atom stereocenters. The van der Waals surface area contributed by atoms with Gasteiger partial charge in [0.1, 0.15) is 19.0 Å². The van der Waals surface area contributed by atoms with Gasteiger partial charge in [-0.3, -0.25) is 0 Å². The van der Waals surface area contributed by atoms with Crippen molar-refractivity contribution in [1.82, 2.24) is 9.55 Å². The Morgan fingerprint density at radius 3 is 2.18 bits per heavy atom. The number of fused-ring (bicyclic) bond motifs is 1. The van der Waals surface area contributed by atoms with Crippen LogP contribution in [0.3, 0.4) is 0 Å². The summed E-state index contributed by atoms with van der Waals surface area (Å²) in [5.74, 6) is -0.0165. The van der Waals surface area contributed by atoms with Gasteiger partial charge in [-0.1, -0.05) is 85.3 Å². The van der Waals surface area contributed by atoms with E-state index in [1.54, 1.807) is 0 Å². The van der Waals surface area contributed by atoms with Crippen molar-refractivity contribution in [2.24, 2.45) is 7.05 Å². The molecule has 39 heavy (non-hydrogen) atoms. The number of aryl methyl sites for hydroxylation is 1. The molecular formula is C32H29ClN2O4. The Kier molecular flexibility index (Phi) is 7.84. The molecule has 0 spiro atoms. The summed E-state index contributed by atoms with van der Waals surface area (Å²) in [4.78, 5) is 18.1. The smallest absolute Gasteiger partial charge is 0.347 e. The van der Waals surface area contributed by atoms with Crippen molar-refractivity contribution in [3.05, 3.63) is 112 Å². The number of carbonyl (C=O) groups is 1. The lowest BCUT2D eigenvalue weighted by Crippen LogP contribution is -2.14. The first-order valence-electron chi connectivity index (χ1n) is 12.7. The van der Waals surface area contributed by atoms with Crippen molar-refractivity contribution in [3.63, 3.8) is 0 Å². The van der Waals surface area contributed by atoms with Crippen LogP contribution in [0.4, 0.5) is 0 Å². The highest BCUT2D eigenvalue weighted by molar-refractivity contribution is 6.35. The zero-order valence-electron chi connectivity index (χ0n) is 22.1. The summed E-state index contributed by atoms with van der Waals surface area (Å²) in [6.45, 7) is 2.50. The number of ether oxygens (including phenoxy) is 3. The molecule has 0 N–H and O–H groups in total. The van der Waals surface area contributed by atoms with Gasteiger partial charge in [0.2, 0.25) is 5.88 Å². The lowest BCUT2D eigenvalue weighted by Gasteiger charge is -2.20. The van der Waals surface area contributed by atoms with Crippen LogP contribution < -0.4 is 9.47 Å². The Morgan fingerprint density at radius 2 is 1.56 bits per heavy atom. The molecule has 0 radical (unpaired) electrons. The zero-order valence-corrected chi connectivity index (χ0v) is 22.9. The highest BCUT2D eigenvalue weighted by Gasteiger charge is 2.28. The lowest BCUT2D eigenvalue weighted by atomic mass is 9.99. The summed E-state index contributed by atoms with van der Waals surface area (Å²) in [6, 6.07) is 25.6. The lowest BCUT2D eigenvalue weighted by molar-refractivity contribution is 0.0588. The van der Waals surface area contributed by atoms with E-state index in [0.29, 0.717) is 22.9 Å². The van der Waals surface area contributed by atoms with E-state index in [0.717, 1.165) is 33.2 Å². The average Bonchev–Trinajstić information content (AvgIpc) is 3.27. The number of esters is 1. The second-order valence-corrected chi connectivity index (χ2v) is 9.57. The Bertz CT molecular complexity index is 1610. The number of hydrogen-bond acceptors (Lipinski definition) is 5. The molecule has 0 aliphatic carbocycles. The normalized spacial score (nSPS) is 11.0. The number of methoxy groups -OCH3 is 1. The largest absolute Gasteiger partial charge is 0.487 e. The van der Waals surface area contributed by atoms with Crippen molar-refractivity contribution in [2.75, 3.05) is 7.11 Å². The monoisotopic (exact) mass is 540 g/mol. The quantitative estimate of drug-likeness (QED) is 0.182. The third-order valence-electron chi connectivity index (χ3n) is 6.62. The molecule has 0 aliphatic heterocycles. The Labute approximate surface area is 232 Å². The summed E-state index contributed by atoms with van der Waals surface area (Å²) < 4.78 is 19.7. The molecular weight excluding hydrogens is 512 g/mol. The third kappa shape index (κ3) is 5.47. The van der Waals surface area contributed by atoms with Crippen LogP contribution in [-0.4, -0.2) is 22.6 Å². The third-order valence-corrected chi connectivity index (χ3v) is 6.92. The van der Waals surface area contributed by atoms with E-state index in [1.807, 2.05) is 104 Å². The second-order valence-electron chi connectivity index (χ2n) is 9.16. The number of pyridine rings is 1. The van der Waals surface area contributed by atoms with Crippen LogP contribution in [-0.2, 0) is 31.4 Å². The first-order chi connectivity index (χ1) is 19.0. The van der Waals surface area contributed by atoms with Crippen LogP contribution in [0, 0.1) is 0 Å². The van der Waals surface area contributed by atoms with E-state index in [2.05, 4.69) is 0 Å². The fraction of sp³-hybridized carbons (Fsp3) is 0.188. The number of nitrogens with zero attached hydrogens (tertiary/aromatic N) is 2. The number of halogens is 1. The molecule has 0 amide bonds. The van der Waals surface area contributed by atoms with E-state index in [1.165, 1.54) is 7.11 Å². The van der Waals surface area contributed by atoms with Crippen LogP contribution in [0.1, 0.15) is 34.0 Å². The number of hydrogen-bond donors (Lipinski definition) is 0. The van der Waals surface area contributed by atoms with E-state index in [4.69, 9.17) is 30.8 Å². The van der Waals surface area contributed by atoms with Crippen LogP contribution in [0.25, 0.3) is 22.2 Å². The molecule has 0 atom stereocenters. The molecule has 5 rings (SSSR count). The first kappa shape index (κ1) is 26.3. The van der Waals surface area contributed by atoms with Gasteiger partial charge in [0.15, 0.2) is 5.56 Å². The topological polar surface area (TPSA) is 62.6 Å². The summed E-state index contributed by atoms with van der Waals surface area (Å²) >= 11 is 6.54. The standard InChI is InChI=1S/C32H29ClN2O4/c1-4-24-29(23-15-16-27-25(17-23)26(33)18-35(27)2)34-31(39-20-22-13-9-6-10-14-22)28(32(36)37-3)30(24)38-19-21-11-7-5-8-12-21/h5-18H,4,19-20H2,1-3H3. The molecule has 198 valence electrons. The molecule has 0 fully saturated rings. The summed E-state index contributed by atoms with van der Waals surface area (Å²) in [6.07, 6.45) is 2.45. The first-order valence-corrected chi connectivity index (χ1v) is 13.1. The number of aromatic nitrogens is 2. The summed E-state index contributed by atoms with van der Waals surface area (Å²) in [7, 11) is 3.30. The molecule has 0 saturated carbocycles. The van der Waals surface area contributed by atoms with Gasteiger partial charge >= 0.3 is 5.97 Å². The van der Waals surface area contributed by atoms with Gasteiger partial charge in [-0.05, 0) is 29.7 Å². The predicted molar refractivity (Wildman–Crippen MR) is 153 cm³/mol. The van der Waals surface area contributed by atoms with Crippen LogP contribution in [0.5, 0.6) is 11.6 Å². The van der Waals surface area contributed by atoms with Crippen LogP contribution in [0.2, 0.25) is 5.02 Å². The molecule has 0 saturated heterocycles. The molecule has 2 heterocycles. The van der Waals surface area contributed by atoms with Gasteiger partial charge in [-0.25, -0.2) is 9.78 Å². The Hall–Kier alpha value is -4.29. The van der Waals surface area contributed by atoms with Gasteiger partial charge < -0.3 is 18.8 Å². The minimum absolute atomic E-state index is 0.153. The Morgan fingerprint density at radius 1 is 0.923 bits per heavy atom. The Balaban J connectivity index is 1.69. The minimum atomic E-state index is -0.573. The number of benzene rings is 3. The van der Waals surface area contributed by atoms with Gasteiger partial charge in [0, 0.05) is 35.3 Å². The SMILES string of the molecule is CCc1c(-c2ccc3c(c2)c(Cl)cn3C)nc(OCc2ccccc2)c(C(=O)OC)c1OCc1ccccc1. The number of carbonyl (C=O) groups excluding carboxylic acids is 1. The molecule has 0 aliphatic rings. The van der Waals surface area contributed by atoms with Crippen LogP contribution in [0.15, 0.2) is 85.1 Å². The predicted octanol–water partition coefficient (Wildman–Crippen LogP) is 7.40. The zero-order chi connectivity index (χ0) is 27.4. The maximum Gasteiger partial charge on any atom is 0.347 e. The fourth-order valence-electron chi connectivity index (χ4n) is 4.64.